The van der Waals surface area contributed by atoms with Crippen LogP contribution >= 0.6 is 0 Å². The number of hydrogen-bond donors (Lipinski definition) is 1. The first-order chi connectivity index (χ1) is 11.3. The third kappa shape index (κ3) is 3.04. The van der Waals surface area contributed by atoms with Gasteiger partial charge in [-0.2, -0.15) is 0 Å². The van der Waals surface area contributed by atoms with Gasteiger partial charge in [-0.15, -0.1) is 0 Å². The van der Waals surface area contributed by atoms with E-state index in [0.717, 1.165) is 37.4 Å². The Hall–Kier alpha value is -2.07. The van der Waals surface area contributed by atoms with Crippen LogP contribution in [0.2, 0.25) is 0 Å². The maximum atomic E-state index is 13.2. The molecule has 2 unspecified atom stereocenters. The van der Waals surface area contributed by atoms with Crippen LogP contribution in [0.15, 0.2) is 42.5 Å². The molecule has 0 amide bonds. The number of halogens is 1. The van der Waals surface area contributed by atoms with Crippen LogP contribution in [0, 0.1) is 11.7 Å². The summed E-state index contributed by atoms with van der Waals surface area (Å²) < 4.78 is 24.2. The highest BCUT2D eigenvalue weighted by Gasteiger charge is 2.28. The summed E-state index contributed by atoms with van der Waals surface area (Å²) in [5.41, 5.74) is 2.45. The van der Waals surface area contributed by atoms with Crippen LogP contribution in [-0.2, 0) is 6.42 Å². The predicted molar refractivity (Wildman–Crippen MR) is 86.4 cm³/mol. The summed E-state index contributed by atoms with van der Waals surface area (Å²) in [6.07, 6.45) is 2.03. The Labute approximate surface area is 135 Å². The lowest BCUT2D eigenvalue weighted by molar-refractivity contribution is 0.104. The quantitative estimate of drug-likeness (QED) is 0.941. The van der Waals surface area contributed by atoms with Gasteiger partial charge in [0.15, 0.2) is 0 Å². The van der Waals surface area contributed by atoms with Crippen molar-refractivity contribution in [2.24, 2.45) is 5.92 Å². The molecule has 0 saturated carbocycles. The number of rotatable bonds is 3. The Kier molecular flexibility index (Phi) is 3.92. The molecule has 2 heterocycles. The zero-order valence-electron chi connectivity index (χ0n) is 12.9. The normalized spacial score (nSPS) is 23.0. The number of hydrogen-bond acceptors (Lipinski definition) is 3. The molecule has 0 radical (unpaired) electrons. The highest BCUT2D eigenvalue weighted by molar-refractivity contribution is 5.42. The van der Waals surface area contributed by atoms with Crippen molar-refractivity contribution in [1.29, 1.82) is 0 Å². The Morgan fingerprint density at radius 3 is 2.83 bits per heavy atom. The molecular formula is C19H20FNO2. The van der Waals surface area contributed by atoms with E-state index < -0.39 is 0 Å². The zero-order chi connectivity index (χ0) is 15.6. The number of piperidine rings is 1. The van der Waals surface area contributed by atoms with Crippen molar-refractivity contribution >= 4 is 0 Å². The van der Waals surface area contributed by atoms with E-state index in [4.69, 9.17) is 9.47 Å². The van der Waals surface area contributed by atoms with Gasteiger partial charge in [-0.3, -0.25) is 0 Å². The van der Waals surface area contributed by atoms with Gasteiger partial charge in [0.05, 0.1) is 0 Å². The molecule has 1 N–H and O–H groups in total. The molecule has 0 spiro atoms. The number of ether oxygens (including phenoxy) is 2. The van der Waals surface area contributed by atoms with Crippen LogP contribution in [0.5, 0.6) is 11.5 Å². The first kappa shape index (κ1) is 14.5. The highest BCUT2D eigenvalue weighted by Crippen LogP contribution is 2.36. The molecule has 2 aromatic carbocycles. The minimum atomic E-state index is -0.173. The fraction of sp³-hybridized carbons (Fsp3) is 0.368. The van der Waals surface area contributed by atoms with Gasteiger partial charge in [-0.05, 0) is 67.1 Å². The van der Waals surface area contributed by atoms with Gasteiger partial charge in [-0.1, -0.05) is 18.2 Å². The van der Waals surface area contributed by atoms with Crippen molar-refractivity contribution in [3.8, 4) is 11.5 Å². The fourth-order valence-electron chi connectivity index (χ4n) is 3.66. The first-order valence-corrected chi connectivity index (χ1v) is 8.14. The minimum Gasteiger partial charge on any atom is -0.457 e. The molecule has 120 valence electrons. The number of nitrogens with one attached hydrogen (secondary N) is 1. The van der Waals surface area contributed by atoms with E-state index in [-0.39, 0.29) is 5.82 Å². The second-order valence-corrected chi connectivity index (χ2v) is 6.29. The summed E-state index contributed by atoms with van der Waals surface area (Å²) in [5, 5.41) is 3.49. The van der Waals surface area contributed by atoms with Gasteiger partial charge in [0.2, 0.25) is 6.79 Å². The molecule has 3 nitrogen and oxygen atoms in total. The lowest BCUT2D eigenvalue weighted by atomic mass is 9.78. The summed E-state index contributed by atoms with van der Waals surface area (Å²) in [5.74, 6) is 2.54. The molecule has 0 aromatic heterocycles. The van der Waals surface area contributed by atoms with E-state index in [0.29, 0.717) is 18.6 Å². The van der Waals surface area contributed by atoms with E-state index >= 15 is 0 Å². The Morgan fingerprint density at radius 2 is 1.96 bits per heavy atom. The van der Waals surface area contributed by atoms with Crippen LogP contribution in [0.1, 0.15) is 23.5 Å². The zero-order valence-corrected chi connectivity index (χ0v) is 12.9. The average molecular weight is 313 g/mol. The topological polar surface area (TPSA) is 30.5 Å². The number of benzene rings is 2. The van der Waals surface area contributed by atoms with E-state index in [1.807, 2.05) is 24.3 Å². The first-order valence-electron chi connectivity index (χ1n) is 8.14. The summed E-state index contributed by atoms with van der Waals surface area (Å²) >= 11 is 0. The lowest BCUT2D eigenvalue weighted by Gasteiger charge is -2.33. The molecule has 2 aliphatic rings. The second-order valence-electron chi connectivity index (χ2n) is 6.29. The van der Waals surface area contributed by atoms with E-state index in [9.17, 15) is 4.39 Å². The third-order valence-electron chi connectivity index (χ3n) is 4.87. The van der Waals surface area contributed by atoms with Crippen molar-refractivity contribution in [3.63, 3.8) is 0 Å². The Balaban J connectivity index is 1.57. The van der Waals surface area contributed by atoms with Crippen molar-refractivity contribution < 1.29 is 13.9 Å². The highest BCUT2D eigenvalue weighted by atomic mass is 19.1. The van der Waals surface area contributed by atoms with Crippen LogP contribution in [0.4, 0.5) is 4.39 Å². The summed E-state index contributed by atoms with van der Waals surface area (Å²) in [6.45, 7) is 2.27. The molecule has 2 aliphatic heterocycles. The molecule has 23 heavy (non-hydrogen) atoms. The van der Waals surface area contributed by atoms with Crippen molar-refractivity contribution in [2.45, 2.75) is 18.8 Å². The lowest BCUT2D eigenvalue weighted by Crippen LogP contribution is -2.36. The van der Waals surface area contributed by atoms with Gasteiger partial charge >= 0.3 is 0 Å². The summed E-state index contributed by atoms with van der Waals surface area (Å²) in [6, 6.07) is 13.0. The van der Waals surface area contributed by atoms with E-state index in [2.05, 4.69) is 11.4 Å². The standard InChI is InChI=1S/C19H20FNO2/c20-16-4-1-13(2-5-16)18-7-8-21-11-15(18)9-14-3-6-17-10-19(14)23-12-22-17/h1-6,10,15,18,21H,7-9,11-12H2. The SMILES string of the molecule is Fc1ccc(C2CCNCC2Cc2ccc3cc2OCO3)cc1. The monoisotopic (exact) mass is 313 g/mol. The van der Waals surface area contributed by atoms with Crippen LogP contribution in [-0.4, -0.2) is 19.9 Å². The molecular weight excluding hydrogens is 293 g/mol. The molecule has 2 atom stereocenters. The Bertz CT molecular complexity index is 686. The molecule has 1 saturated heterocycles. The van der Waals surface area contributed by atoms with Crippen LogP contribution in [0.3, 0.4) is 0 Å². The maximum absolute atomic E-state index is 13.2. The third-order valence-corrected chi connectivity index (χ3v) is 4.87. The molecule has 1 fully saturated rings. The van der Waals surface area contributed by atoms with Gasteiger partial charge in [0.1, 0.15) is 17.3 Å². The largest absolute Gasteiger partial charge is 0.457 e. The van der Waals surface area contributed by atoms with Crippen molar-refractivity contribution in [2.75, 3.05) is 19.9 Å². The molecule has 4 rings (SSSR count). The molecule has 2 bridgehead atoms. The second kappa shape index (κ2) is 6.20. The van der Waals surface area contributed by atoms with Gasteiger partial charge in [-0.25, -0.2) is 4.39 Å². The molecule has 0 aliphatic carbocycles. The summed E-state index contributed by atoms with van der Waals surface area (Å²) in [7, 11) is 0. The minimum absolute atomic E-state index is 0.173. The fourth-order valence-corrected chi connectivity index (χ4v) is 3.66. The maximum Gasteiger partial charge on any atom is 0.230 e. The predicted octanol–water partition coefficient (Wildman–Crippen LogP) is 3.49. The molecule has 4 heteroatoms. The number of fused-ring (bicyclic) bond motifs is 2. The summed E-state index contributed by atoms with van der Waals surface area (Å²) in [4.78, 5) is 0. The van der Waals surface area contributed by atoms with Gasteiger partial charge < -0.3 is 14.8 Å². The van der Waals surface area contributed by atoms with Crippen molar-refractivity contribution in [1.82, 2.24) is 5.32 Å². The smallest absolute Gasteiger partial charge is 0.230 e. The van der Waals surface area contributed by atoms with Crippen molar-refractivity contribution in [3.05, 3.63) is 59.4 Å². The average Bonchev–Trinajstić information content (AvgIpc) is 2.59. The Morgan fingerprint density at radius 1 is 1.09 bits per heavy atom. The van der Waals surface area contributed by atoms with Gasteiger partial charge in [0, 0.05) is 6.07 Å². The molecule has 2 aromatic rings. The van der Waals surface area contributed by atoms with E-state index in [1.54, 1.807) is 12.1 Å². The van der Waals surface area contributed by atoms with Crippen LogP contribution in [0.25, 0.3) is 0 Å². The van der Waals surface area contributed by atoms with Crippen LogP contribution < -0.4 is 14.8 Å². The van der Waals surface area contributed by atoms with Gasteiger partial charge in [0.25, 0.3) is 0 Å². The van der Waals surface area contributed by atoms with E-state index in [1.165, 1.54) is 11.1 Å².